The summed E-state index contributed by atoms with van der Waals surface area (Å²) in [5.41, 5.74) is 3.64. The molecule has 4 aromatic rings. The van der Waals surface area contributed by atoms with Crippen LogP contribution in [-0.2, 0) is 6.54 Å². The molecule has 0 aliphatic heterocycles. The van der Waals surface area contributed by atoms with Gasteiger partial charge in [-0.2, -0.15) is 4.99 Å². The number of thiazole rings is 1. The molecule has 0 radical (unpaired) electrons. The standard InChI is InChI=1S/C25H18N2O2S/c1-3-15-27-21-14-9-17(2)16-22(21)30-25(27)26-24(29)20-12-10-19(11-13-20)23(28)18-7-5-4-6-8-18/h1,4-14,16H,15H2,2H3. The highest BCUT2D eigenvalue weighted by Crippen LogP contribution is 2.19. The number of terminal acetylenes is 1. The van der Waals surface area contributed by atoms with Crippen LogP contribution in [0, 0.1) is 19.3 Å². The average molecular weight is 410 g/mol. The van der Waals surface area contributed by atoms with Crippen molar-refractivity contribution in [3.63, 3.8) is 0 Å². The summed E-state index contributed by atoms with van der Waals surface area (Å²) in [5, 5.41) is 0. The van der Waals surface area contributed by atoms with E-state index in [2.05, 4.69) is 17.0 Å². The molecule has 5 heteroatoms. The van der Waals surface area contributed by atoms with Crippen molar-refractivity contribution in [1.29, 1.82) is 0 Å². The molecule has 4 nitrogen and oxygen atoms in total. The van der Waals surface area contributed by atoms with Crippen LogP contribution in [0.25, 0.3) is 10.2 Å². The van der Waals surface area contributed by atoms with Crippen LogP contribution in [0.1, 0.15) is 31.8 Å². The van der Waals surface area contributed by atoms with Crippen molar-refractivity contribution in [2.75, 3.05) is 0 Å². The fraction of sp³-hybridized carbons (Fsp3) is 0.0800. The number of fused-ring (bicyclic) bond motifs is 1. The Labute approximate surface area is 178 Å². The Morgan fingerprint density at radius 2 is 1.63 bits per heavy atom. The lowest BCUT2D eigenvalue weighted by molar-refractivity contribution is 0.0994. The van der Waals surface area contributed by atoms with E-state index >= 15 is 0 Å². The van der Waals surface area contributed by atoms with E-state index in [4.69, 9.17) is 6.42 Å². The number of hydrogen-bond acceptors (Lipinski definition) is 3. The maximum Gasteiger partial charge on any atom is 0.279 e. The van der Waals surface area contributed by atoms with Crippen LogP contribution < -0.4 is 4.80 Å². The molecule has 1 heterocycles. The number of benzene rings is 3. The minimum absolute atomic E-state index is 0.0849. The Kier molecular flexibility index (Phi) is 5.42. The van der Waals surface area contributed by atoms with Crippen molar-refractivity contribution >= 4 is 33.2 Å². The Balaban J connectivity index is 1.67. The molecule has 0 aliphatic carbocycles. The molecule has 0 saturated carbocycles. The number of ketones is 1. The van der Waals surface area contributed by atoms with Gasteiger partial charge < -0.3 is 4.57 Å². The number of nitrogens with zero attached hydrogens (tertiary/aromatic N) is 2. The molecule has 0 unspecified atom stereocenters. The van der Waals surface area contributed by atoms with Gasteiger partial charge in [-0.15, -0.1) is 6.42 Å². The zero-order valence-corrected chi connectivity index (χ0v) is 17.1. The molecule has 1 amide bonds. The second kappa shape index (κ2) is 8.32. The van der Waals surface area contributed by atoms with Crippen LogP contribution in [0.5, 0.6) is 0 Å². The zero-order chi connectivity index (χ0) is 21.1. The fourth-order valence-electron chi connectivity index (χ4n) is 3.18. The fourth-order valence-corrected chi connectivity index (χ4v) is 4.31. The Morgan fingerprint density at radius 1 is 0.967 bits per heavy atom. The Morgan fingerprint density at radius 3 is 2.33 bits per heavy atom. The molecule has 0 bridgehead atoms. The third-order valence-corrected chi connectivity index (χ3v) is 5.76. The van der Waals surface area contributed by atoms with Crippen LogP contribution in [0.3, 0.4) is 0 Å². The molecule has 30 heavy (non-hydrogen) atoms. The predicted molar refractivity (Wildman–Crippen MR) is 120 cm³/mol. The first-order valence-corrected chi connectivity index (χ1v) is 10.2. The van der Waals surface area contributed by atoms with Crippen LogP contribution >= 0.6 is 11.3 Å². The van der Waals surface area contributed by atoms with Gasteiger partial charge in [0.25, 0.3) is 5.91 Å². The largest absolute Gasteiger partial charge is 0.305 e. The summed E-state index contributed by atoms with van der Waals surface area (Å²) < 4.78 is 2.89. The molecule has 3 aromatic carbocycles. The van der Waals surface area contributed by atoms with E-state index in [1.807, 2.05) is 41.8 Å². The second-order valence-corrected chi connectivity index (χ2v) is 7.84. The van der Waals surface area contributed by atoms with Crippen molar-refractivity contribution in [3.05, 3.63) is 99.9 Å². The van der Waals surface area contributed by atoms with Crippen LogP contribution in [0.15, 0.2) is 77.8 Å². The SMILES string of the molecule is C#CCn1c(=NC(=O)c2ccc(C(=O)c3ccccc3)cc2)sc2cc(C)ccc21. The van der Waals surface area contributed by atoms with Crippen molar-refractivity contribution in [1.82, 2.24) is 4.57 Å². The van der Waals surface area contributed by atoms with Gasteiger partial charge in [-0.3, -0.25) is 9.59 Å². The zero-order valence-electron chi connectivity index (χ0n) is 16.3. The maximum atomic E-state index is 12.8. The smallest absolute Gasteiger partial charge is 0.279 e. The molecular formula is C25H18N2O2S. The molecule has 0 spiro atoms. The summed E-state index contributed by atoms with van der Waals surface area (Å²) in [7, 11) is 0. The second-order valence-electron chi connectivity index (χ2n) is 6.84. The van der Waals surface area contributed by atoms with Gasteiger partial charge in [-0.1, -0.05) is 65.8 Å². The first-order chi connectivity index (χ1) is 14.6. The highest BCUT2D eigenvalue weighted by molar-refractivity contribution is 7.16. The summed E-state index contributed by atoms with van der Waals surface area (Å²) in [4.78, 5) is 30.2. The first-order valence-electron chi connectivity index (χ1n) is 9.39. The van der Waals surface area contributed by atoms with Crippen molar-refractivity contribution in [2.24, 2.45) is 4.99 Å². The minimum Gasteiger partial charge on any atom is -0.305 e. The Hall–Kier alpha value is -3.75. The summed E-state index contributed by atoms with van der Waals surface area (Å²) in [5.74, 6) is 2.17. The van der Waals surface area contributed by atoms with Gasteiger partial charge in [0, 0.05) is 16.7 Å². The lowest BCUT2D eigenvalue weighted by Crippen LogP contribution is -2.16. The van der Waals surface area contributed by atoms with Gasteiger partial charge in [-0.05, 0) is 36.8 Å². The summed E-state index contributed by atoms with van der Waals surface area (Å²) in [6.07, 6.45) is 5.52. The van der Waals surface area contributed by atoms with E-state index in [0.717, 1.165) is 15.8 Å². The number of amides is 1. The van der Waals surface area contributed by atoms with E-state index in [0.29, 0.717) is 28.0 Å². The van der Waals surface area contributed by atoms with Crippen molar-refractivity contribution in [2.45, 2.75) is 13.5 Å². The number of rotatable bonds is 4. The lowest BCUT2D eigenvalue weighted by atomic mass is 10.0. The highest BCUT2D eigenvalue weighted by Gasteiger charge is 2.12. The average Bonchev–Trinajstić information content (AvgIpc) is 3.10. The Bertz CT molecular complexity index is 1350. The molecule has 0 fully saturated rings. The third kappa shape index (κ3) is 3.86. The summed E-state index contributed by atoms with van der Waals surface area (Å²) >= 11 is 1.43. The molecular weight excluding hydrogens is 392 g/mol. The number of hydrogen-bond donors (Lipinski definition) is 0. The van der Waals surface area contributed by atoms with Crippen LogP contribution in [-0.4, -0.2) is 16.3 Å². The maximum absolute atomic E-state index is 12.8. The number of aromatic nitrogens is 1. The first kappa shape index (κ1) is 19.6. The normalized spacial score (nSPS) is 11.4. The van der Waals surface area contributed by atoms with Gasteiger partial charge in [0.1, 0.15) is 0 Å². The molecule has 0 atom stereocenters. The van der Waals surface area contributed by atoms with Crippen LogP contribution in [0.2, 0.25) is 0 Å². The van der Waals surface area contributed by atoms with E-state index < -0.39 is 0 Å². The minimum atomic E-state index is -0.372. The van der Waals surface area contributed by atoms with Gasteiger partial charge in [0.2, 0.25) is 0 Å². The van der Waals surface area contributed by atoms with Crippen molar-refractivity contribution in [3.8, 4) is 12.3 Å². The highest BCUT2D eigenvalue weighted by atomic mass is 32.1. The van der Waals surface area contributed by atoms with Gasteiger partial charge in [0.05, 0.1) is 16.8 Å². The van der Waals surface area contributed by atoms with E-state index in [1.165, 1.54) is 11.3 Å². The van der Waals surface area contributed by atoms with Gasteiger partial charge >= 0.3 is 0 Å². The quantitative estimate of drug-likeness (QED) is 0.364. The monoisotopic (exact) mass is 410 g/mol. The molecule has 0 N–H and O–H groups in total. The third-order valence-electron chi connectivity index (χ3n) is 4.71. The van der Waals surface area contributed by atoms with Crippen molar-refractivity contribution < 1.29 is 9.59 Å². The topological polar surface area (TPSA) is 51.4 Å². The summed E-state index contributed by atoms with van der Waals surface area (Å²) in [6, 6.07) is 21.7. The lowest BCUT2D eigenvalue weighted by Gasteiger charge is -2.02. The van der Waals surface area contributed by atoms with E-state index in [9.17, 15) is 9.59 Å². The number of carbonyl (C=O) groups is 2. The molecule has 1 aromatic heterocycles. The number of carbonyl (C=O) groups excluding carboxylic acids is 2. The van der Waals surface area contributed by atoms with Crippen LogP contribution in [0.4, 0.5) is 0 Å². The van der Waals surface area contributed by atoms with E-state index in [-0.39, 0.29) is 11.7 Å². The predicted octanol–water partition coefficient (Wildman–Crippen LogP) is 4.62. The summed E-state index contributed by atoms with van der Waals surface area (Å²) in [6.45, 7) is 2.35. The van der Waals surface area contributed by atoms with Gasteiger partial charge in [-0.25, -0.2) is 0 Å². The van der Waals surface area contributed by atoms with Gasteiger partial charge in [0.15, 0.2) is 10.6 Å². The molecule has 146 valence electrons. The molecule has 0 saturated heterocycles. The molecule has 0 aliphatic rings. The molecule has 4 rings (SSSR count). The number of aryl methyl sites for hydroxylation is 1. The van der Waals surface area contributed by atoms with E-state index in [1.54, 1.807) is 36.4 Å².